The van der Waals surface area contributed by atoms with Gasteiger partial charge in [0.2, 0.25) is 17.7 Å². The monoisotopic (exact) mass is 240 g/mol. The molecule has 0 amide bonds. The predicted molar refractivity (Wildman–Crippen MR) is 67.2 cm³/mol. The molecule has 0 aromatic heterocycles. The maximum absolute atomic E-state index is 11.7. The van der Waals surface area contributed by atoms with E-state index in [0.717, 1.165) is 16.3 Å². The van der Waals surface area contributed by atoms with Crippen LogP contribution < -0.4 is 20.3 Å². The molecule has 3 aromatic carbocycles. The van der Waals surface area contributed by atoms with Crippen molar-refractivity contribution in [3.63, 3.8) is 0 Å². The summed E-state index contributed by atoms with van der Waals surface area (Å²) in [5.41, 5.74) is 0.157. The minimum atomic E-state index is -0.408. The summed E-state index contributed by atoms with van der Waals surface area (Å²) in [5.74, 6) is 1.31. The molecule has 0 radical (unpaired) electrons. The Morgan fingerprint density at radius 2 is 1.56 bits per heavy atom. The van der Waals surface area contributed by atoms with Gasteiger partial charge < -0.3 is 9.47 Å². The van der Waals surface area contributed by atoms with Crippen molar-refractivity contribution in [2.24, 2.45) is 0 Å². The van der Waals surface area contributed by atoms with Gasteiger partial charge in [-0.3, -0.25) is 9.59 Å². The first-order chi connectivity index (χ1) is 8.66. The van der Waals surface area contributed by atoms with E-state index < -0.39 is 10.9 Å². The lowest BCUT2D eigenvalue weighted by molar-refractivity contribution is 0.174. The average Bonchev–Trinajstić information content (AvgIpc) is 2.83. The number of ether oxygens (including phenoxy) is 2. The molecule has 4 nitrogen and oxygen atoms in total. The molecule has 1 heterocycles. The van der Waals surface area contributed by atoms with Gasteiger partial charge in [0.05, 0.1) is 0 Å². The molecule has 18 heavy (non-hydrogen) atoms. The molecule has 0 unspecified atom stereocenters. The molecule has 0 saturated heterocycles. The lowest BCUT2D eigenvalue weighted by Crippen LogP contribution is -2.30. The van der Waals surface area contributed by atoms with Crippen LogP contribution in [0.15, 0.2) is 27.8 Å². The van der Waals surface area contributed by atoms with Gasteiger partial charge in [-0.05, 0) is 41.5 Å². The summed E-state index contributed by atoms with van der Waals surface area (Å²) >= 11 is 0. The quantitative estimate of drug-likeness (QED) is 0.560. The van der Waals surface area contributed by atoms with Crippen LogP contribution in [0.25, 0.3) is 21.5 Å². The van der Waals surface area contributed by atoms with Crippen LogP contribution in [0.4, 0.5) is 0 Å². The van der Waals surface area contributed by atoms with Crippen LogP contribution >= 0.6 is 0 Å². The number of aryl methyl sites for hydroxylation is 1. The molecular weight excluding hydrogens is 232 g/mol. The van der Waals surface area contributed by atoms with Gasteiger partial charge in [0.25, 0.3) is 0 Å². The van der Waals surface area contributed by atoms with Gasteiger partial charge in [-0.25, -0.2) is 0 Å². The van der Waals surface area contributed by atoms with E-state index in [4.69, 9.17) is 9.47 Å². The normalized spacial score (nSPS) is 13.8. The van der Waals surface area contributed by atoms with E-state index in [0.29, 0.717) is 22.3 Å². The third kappa shape index (κ3) is 0.960. The molecule has 0 atom stereocenters. The van der Waals surface area contributed by atoms with E-state index in [1.165, 1.54) is 0 Å². The Labute approximate surface area is 101 Å². The first kappa shape index (κ1) is 9.65. The minimum Gasteiger partial charge on any atom is -0.454 e. The van der Waals surface area contributed by atoms with Gasteiger partial charge >= 0.3 is 0 Å². The molecule has 0 bridgehead atoms. The van der Waals surface area contributed by atoms with Crippen molar-refractivity contribution in [2.45, 2.75) is 6.92 Å². The van der Waals surface area contributed by atoms with Gasteiger partial charge in [0.1, 0.15) is 0 Å². The molecule has 4 heteroatoms. The molecule has 1 aliphatic rings. The number of hydrogen-bond acceptors (Lipinski definition) is 4. The first-order valence-corrected chi connectivity index (χ1v) is 5.63. The molecule has 0 saturated carbocycles. The summed E-state index contributed by atoms with van der Waals surface area (Å²) in [4.78, 5) is 23.1. The van der Waals surface area contributed by atoms with Crippen molar-refractivity contribution in [3.05, 3.63) is 44.2 Å². The van der Waals surface area contributed by atoms with Crippen LogP contribution in [0.3, 0.4) is 0 Å². The Morgan fingerprint density at radius 3 is 2.28 bits per heavy atom. The minimum absolute atomic E-state index is 0.194. The van der Waals surface area contributed by atoms with Crippen LogP contribution in [-0.2, 0) is 0 Å². The van der Waals surface area contributed by atoms with E-state index in [9.17, 15) is 9.59 Å². The van der Waals surface area contributed by atoms with E-state index in [-0.39, 0.29) is 6.79 Å². The van der Waals surface area contributed by atoms with Crippen molar-refractivity contribution in [1.82, 2.24) is 0 Å². The first-order valence-electron chi connectivity index (χ1n) is 5.63. The number of hydrogen-bond donors (Lipinski definition) is 0. The summed E-state index contributed by atoms with van der Waals surface area (Å²) in [7, 11) is 0. The molecule has 3 aromatic rings. The number of benzene rings is 2. The van der Waals surface area contributed by atoms with Crippen LogP contribution in [0.5, 0.6) is 11.5 Å². The topological polar surface area (TPSA) is 52.6 Å². The molecule has 4 rings (SSSR count). The van der Waals surface area contributed by atoms with Gasteiger partial charge in [0, 0.05) is 10.8 Å². The largest absolute Gasteiger partial charge is 0.454 e. The number of fused-ring (bicyclic) bond motifs is 4. The van der Waals surface area contributed by atoms with E-state index in [1.807, 2.05) is 13.0 Å². The highest BCUT2D eigenvalue weighted by Crippen LogP contribution is 2.39. The van der Waals surface area contributed by atoms with Crippen LogP contribution in [-0.4, -0.2) is 6.79 Å². The zero-order chi connectivity index (χ0) is 12.4. The van der Waals surface area contributed by atoms with Crippen molar-refractivity contribution in [1.29, 1.82) is 0 Å². The molecular formula is C14H8O4. The molecule has 1 aliphatic heterocycles. The fraction of sp³-hybridized carbons (Fsp3) is 0.143. The Bertz CT molecular complexity index is 898. The summed E-state index contributed by atoms with van der Waals surface area (Å²) in [6.45, 7) is 2.11. The van der Waals surface area contributed by atoms with Crippen molar-refractivity contribution >= 4 is 21.5 Å². The summed E-state index contributed by atoms with van der Waals surface area (Å²) in [6, 6.07) is 5.42. The Morgan fingerprint density at radius 1 is 0.889 bits per heavy atom. The second kappa shape index (κ2) is 2.90. The molecule has 0 N–H and O–H groups in total. The number of rotatable bonds is 0. The third-order valence-corrected chi connectivity index (χ3v) is 3.52. The second-order valence-corrected chi connectivity index (χ2v) is 4.53. The highest BCUT2D eigenvalue weighted by Gasteiger charge is 2.21. The Kier molecular flexibility index (Phi) is 1.56. The lowest BCUT2D eigenvalue weighted by Gasteiger charge is -2.09. The fourth-order valence-electron chi connectivity index (χ4n) is 2.58. The zero-order valence-corrected chi connectivity index (χ0v) is 9.57. The highest BCUT2D eigenvalue weighted by molar-refractivity contribution is 6.12. The standard InChI is InChI=1S/C14H8O4/c1-6-2-9-12(14(16)13(9)15)8-4-11-10(3-7(6)8)17-5-18-11/h2-4H,5H2,1H3. The van der Waals surface area contributed by atoms with Crippen LogP contribution in [0, 0.1) is 6.92 Å². The fourth-order valence-corrected chi connectivity index (χ4v) is 2.58. The molecule has 0 aliphatic carbocycles. The van der Waals surface area contributed by atoms with Crippen LogP contribution in [0.2, 0.25) is 0 Å². The summed E-state index contributed by atoms with van der Waals surface area (Å²) < 4.78 is 10.6. The molecule has 0 fully saturated rings. The molecule has 88 valence electrons. The predicted octanol–water partition coefficient (Wildman–Crippen LogP) is 1.63. The van der Waals surface area contributed by atoms with Crippen LogP contribution in [0.1, 0.15) is 5.56 Å². The van der Waals surface area contributed by atoms with Gasteiger partial charge in [-0.1, -0.05) is 0 Å². The Hall–Kier alpha value is -2.36. The van der Waals surface area contributed by atoms with Crippen molar-refractivity contribution in [2.75, 3.05) is 6.79 Å². The highest BCUT2D eigenvalue weighted by atomic mass is 16.7. The third-order valence-electron chi connectivity index (χ3n) is 3.52. The molecule has 0 spiro atoms. The maximum atomic E-state index is 11.7. The Balaban J connectivity index is 2.27. The summed E-state index contributed by atoms with van der Waals surface area (Å²) in [6.07, 6.45) is 0. The lowest BCUT2D eigenvalue weighted by atomic mass is 9.94. The van der Waals surface area contributed by atoms with E-state index >= 15 is 0 Å². The smallest absolute Gasteiger partial charge is 0.234 e. The van der Waals surface area contributed by atoms with E-state index in [2.05, 4.69) is 0 Å². The van der Waals surface area contributed by atoms with Gasteiger partial charge in [-0.2, -0.15) is 0 Å². The maximum Gasteiger partial charge on any atom is 0.234 e. The average molecular weight is 240 g/mol. The summed E-state index contributed by atoms with van der Waals surface area (Å²) in [5, 5.41) is 2.74. The van der Waals surface area contributed by atoms with E-state index in [1.54, 1.807) is 12.1 Å². The SMILES string of the molecule is Cc1cc2c(=O)c(=O)c2c2cc3c(cc12)OCO3. The second-order valence-electron chi connectivity index (χ2n) is 4.53. The van der Waals surface area contributed by atoms with Gasteiger partial charge in [-0.15, -0.1) is 0 Å². The van der Waals surface area contributed by atoms with Crippen molar-refractivity contribution < 1.29 is 9.47 Å². The van der Waals surface area contributed by atoms with Crippen molar-refractivity contribution in [3.8, 4) is 11.5 Å². The zero-order valence-electron chi connectivity index (χ0n) is 9.57. The van der Waals surface area contributed by atoms with Gasteiger partial charge in [0.15, 0.2) is 11.5 Å².